The van der Waals surface area contributed by atoms with E-state index in [4.69, 9.17) is 0 Å². The first-order chi connectivity index (χ1) is 8.11. The van der Waals surface area contributed by atoms with Crippen LogP contribution in [-0.2, 0) is 6.54 Å². The summed E-state index contributed by atoms with van der Waals surface area (Å²) >= 11 is 0. The van der Waals surface area contributed by atoms with Crippen LogP contribution in [0.4, 0.5) is 0 Å². The lowest BCUT2D eigenvalue weighted by Gasteiger charge is -2.05. The van der Waals surface area contributed by atoms with Crippen molar-refractivity contribution in [3.63, 3.8) is 0 Å². The molecule has 2 aromatic heterocycles. The van der Waals surface area contributed by atoms with Gasteiger partial charge < -0.3 is 5.32 Å². The van der Waals surface area contributed by atoms with Gasteiger partial charge in [0.2, 0.25) is 0 Å². The molecule has 0 saturated carbocycles. The Kier molecular flexibility index (Phi) is 3.19. The fourth-order valence-electron chi connectivity index (χ4n) is 1.81. The first-order valence-corrected chi connectivity index (χ1v) is 5.62. The second kappa shape index (κ2) is 4.63. The summed E-state index contributed by atoms with van der Waals surface area (Å²) in [6.07, 6.45) is 1.85. The van der Waals surface area contributed by atoms with Crippen LogP contribution in [0, 0.1) is 20.8 Å². The first kappa shape index (κ1) is 11.7. The first-order valence-electron chi connectivity index (χ1n) is 5.62. The molecule has 0 radical (unpaired) electrons. The molecule has 0 fully saturated rings. The predicted molar refractivity (Wildman–Crippen MR) is 66.1 cm³/mol. The van der Waals surface area contributed by atoms with Crippen LogP contribution in [0.5, 0.6) is 0 Å². The van der Waals surface area contributed by atoms with Gasteiger partial charge in [-0.3, -0.25) is 0 Å². The third-order valence-corrected chi connectivity index (χ3v) is 2.64. The van der Waals surface area contributed by atoms with E-state index >= 15 is 0 Å². The maximum atomic E-state index is 4.41. The lowest BCUT2D eigenvalue weighted by Crippen LogP contribution is -2.09. The van der Waals surface area contributed by atoms with E-state index in [1.807, 2.05) is 40.1 Å². The number of aromatic nitrogens is 4. The molecule has 0 amide bonds. The number of hydrogen-bond donors (Lipinski definition) is 1. The van der Waals surface area contributed by atoms with E-state index in [0.29, 0.717) is 5.95 Å². The van der Waals surface area contributed by atoms with Gasteiger partial charge in [0.05, 0.1) is 6.20 Å². The number of hydrogen-bond acceptors (Lipinski definition) is 4. The Labute approximate surface area is 101 Å². The Hall–Kier alpha value is -1.75. The molecule has 17 heavy (non-hydrogen) atoms. The van der Waals surface area contributed by atoms with Crippen molar-refractivity contribution in [2.24, 2.45) is 0 Å². The van der Waals surface area contributed by atoms with Crippen molar-refractivity contribution < 1.29 is 0 Å². The van der Waals surface area contributed by atoms with Crippen molar-refractivity contribution in [1.82, 2.24) is 25.1 Å². The van der Waals surface area contributed by atoms with Crippen molar-refractivity contribution in [1.29, 1.82) is 0 Å². The molecule has 90 valence electrons. The van der Waals surface area contributed by atoms with Crippen molar-refractivity contribution in [3.8, 4) is 5.95 Å². The average Bonchev–Trinajstić information content (AvgIpc) is 2.60. The van der Waals surface area contributed by atoms with E-state index < -0.39 is 0 Å². The molecule has 0 unspecified atom stereocenters. The maximum absolute atomic E-state index is 4.41. The van der Waals surface area contributed by atoms with Gasteiger partial charge >= 0.3 is 0 Å². The molecule has 0 bridgehead atoms. The van der Waals surface area contributed by atoms with Crippen molar-refractivity contribution >= 4 is 0 Å². The topological polar surface area (TPSA) is 55.6 Å². The van der Waals surface area contributed by atoms with Gasteiger partial charge in [0.25, 0.3) is 5.95 Å². The molecule has 1 N–H and O–H groups in total. The molecule has 2 rings (SSSR count). The van der Waals surface area contributed by atoms with Gasteiger partial charge in [-0.15, -0.1) is 0 Å². The van der Waals surface area contributed by atoms with Crippen LogP contribution < -0.4 is 5.32 Å². The van der Waals surface area contributed by atoms with Gasteiger partial charge in [-0.2, -0.15) is 5.10 Å². The van der Waals surface area contributed by atoms with E-state index in [2.05, 4.69) is 20.4 Å². The molecule has 0 aromatic carbocycles. The van der Waals surface area contributed by atoms with Gasteiger partial charge in [0.15, 0.2) is 0 Å². The minimum atomic E-state index is 0.641. The van der Waals surface area contributed by atoms with Crippen LogP contribution in [0.25, 0.3) is 5.95 Å². The van der Waals surface area contributed by atoms with Crippen LogP contribution in [-0.4, -0.2) is 26.8 Å². The molecule has 0 aliphatic heterocycles. The lowest BCUT2D eigenvalue weighted by molar-refractivity contribution is 0.762. The Morgan fingerprint density at radius 1 is 1.18 bits per heavy atom. The largest absolute Gasteiger partial charge is 0.316 e. The van der Waals surface area contributed by atoms with E-state index in [1.165, 1.54) is 0 Å². The van der Waals surface area contributed by atoms with Crippen LogP contribution in [0.2, 0.25) is 0 Å². The number of nitrogens with zero attached hydrogens (tertiary/aromatic N) is 4. The Bertz CT molecular complexity index is 509. The molecular weight excluding hydrogens is 214 g/mol. The molecule has 0 aliphatic carbocycles. The summed E-state index contributed by atoms with van der Waals surface area (Å²) in [4.78, 5) is 8.81. The normalized spacial score (nSPS) is 10.8. The van der Waals surface area contributed by atoms with Crippen LogP contribution in [0.15, 0.2) is 12.3 Å². The van der Waals surface area contributed by atoms with E-state index in [-0.39, 0.29) is 0 Å². The summed E-state index contributed by atoms with van der Waals surface area (Å²) in [6, 6.07) is 1.96. The Morgan fingerprint density at radius 2 is 1.82 bits per heavy atom. The van der Waals surface area contributed by atoms with Gasteiger partial charge in [0, 0.05) is 29.2 Å². The van der Waals surface area contributed by atoms with Gasteiger partial charge in [0.1, 0.15) is 0 Å². The van der Waals surface area contributed by atoms with Crippen molar-refractivity contribution in [2.75, 3.05) is 7.05 Å². The monoisotopic (exact) mass is 231 g/mol. The van der Waals surface area contributed by atoms with Crippen LogP contribution in [0.3, 0.4) is 0 Å². The summed E-state index contributed by atoms with van der Waals surface area (Å²) in [5.74, 6) is 0.641. The molecule has 2 heterocycles. The van der Waals surface area contributed by atoms with E-state index in [0.717, 1.165) is 29.2 Å². The van der Waals surface area contributed by atoms with Gasteiger partial charge in [-0.25, -0.2) is 14.6 Å². The van der Waals surface area contributed by atoms with Gasteiger partial charge in [-0.1, -0.05) is 0 Å². The summed E-state index contributed by atoms with van der Waals surface area (Å²) in [6.45, 7) is 6.76. The molecule has 0 spiro atoms. The molecule has 5 heteroatoms. The number of aryl methyl sites for hydroxylation is 2. The zero-order valence-corrected chi connectivity index (χ0v) is 10.7. The Balaban J connectivity index is 2.45. The smallest absolute Gasteiger partial charge is 0.251 e. The second-order valence-corrected chi connectivity index (χ2v) is 4.15. The van der Waals surface area contributed by atoms with E-state index in [1.54, 1.807) is 4.68 Å². The highest BCUT2D eigenvalue weighted by molar-refractivity contribution is 5.25. The van der Waals surface area contributed by atoms with Crippen molar-refractivity contribution in [2.45, 2.75) is 27.3 Å². The molecule has 5 nitrogen and oxygen atoms in total. The average molecular weight is 231 g/mol. The van der Waals surface area contributed by atoms with Gasteiger partial charge in [-0.05, 0) is 33.9 Å². The van der Waals surface area contributed by atoms with Crippen LogP contribution >= 0.6 is 0 Å². The Morgan fingerprint density at radius 3 is 2.41 bits per heavy atom. The number of nitrogens with one attached hydrogen (secondary N) is 1. The highest BCUT2D eigenvalue weighted by Crippen LogP contribution is 2.11. The zero-order chi connectivity index (χ0) is 12.4. The SMILES string of the molecule is CNCc1cnn(-c2nc(C)cc(C)n2)c1C. The molecule has 0 saturated heterocycles. The summed E-state index contributed by atoms with van der Waals surface area (Å²) in [5.41, 5.74) is 4.15. The highest BCUT2D eigenvalue weighted by atomic mass is 15.3. The standard InChI is InChI=1S/C12H17N5/c1-8-5-9(2)16-12(15-8)17-10(3)11(6-13-4)7-14-17/h5,7,13H,6H2,1-4H3. The minimum absolute atomic E-state index is 0.641. The fourth-order valence-corrected chi connectivity index (χ4v) is 1.81. The molecule has 0 atom stereocenters. The third-order valence-electron chi connectivity index (χ3n) is 2.64. The summed E-state index contributed by atoms with van der Waals surface area (Å²) in [5, 5.41) is 7.46. The fraction of sp³-hybridized carbons (Fsp3) is 0.417. The summed E-state index contributed by atoms with van der Waals surface area (Å²) in [7, 11) is 1.92. The zero-order valence-electron chi connectivity index (χ0n) is 10.7. The van der Waals surface area contributed by atoms with E-state index in [9.17, 15) is 0 Å². The van der Waals surface area contributed by atoms with Crippen LogP contribution in [0.1, 0.15) is 22.6 Å². The maximum Gasteiger partial charge on any atom is 0.251 e. The predicted octanol–water partition coefficient (Wildman–Crippen LogP) is 1.31. The third kappa shape index (κ3) is 2.34. The lowest BCUT2D eigenvalue weighted by atomic mass is 10.2. The molecule has 2 aromatic rings. The second-order valence-electron chi connectivity index (χ2n) is 4.15. The van der Waals surface area contributed by atoms with Crippen molar-refractivity contribution in [3.05, 3.63) is 34.9 Å². The number of rotatable bonds is 3. The quantitative estimate of drug-likeness (QED) is 0.865. The summed E-state index contributed by atoms with van der Waals surface area (Å²) < 4.78 is 1.78. The molecular formula is C12H17N5. The minimum Gasteiger partial charge on any atom is -0.316 e. The molecule has 0 aliphatic rings. The highest BCUT2D eigenvalue weighted by Gasteiger charge is 2.10.